The maximum absolute atomic E-state index is 11.8. The van der Waals surface area contributed by atoms with Crippen LogP contribution in [0.25, 0.3) is 0 Å². The fraction of sp³-hybridized carbons (Fsp3) is 0.385. The van der Waals surface area contributed by atoms with Crippen molar-refractivity contribution in [3.8, 4) is 0 Å². The molecule has 0 aliphatic rings. The smallest absolute Gasteiger partial charge is 0.235 e. The lowest BCUT2D eigenvalue weighted by Crippen LogP contribution is -2.14. The number of anilines is 1. The number of hydrogen-bond acceptors (Lipinski definition) is 4. The van der Waals surface area contributed by atoms with Crippen molar-refractivity contribution < 1.29 is 4.79 Å². The highest BCUT2D eigenvalue weighted by Gasteiger charge is 2.07. The third-order valence-electron chi connectivity index (χ3n) is 2.52. The van der Waals surface area contributed by atoms with E-state index in [1.165, 1.54) is 4.88 Å². The number of aromatic amines is 1. The summed E-state index contributed by atoms with van der Waals surface area (Å²) in [6, 6.07) is 5.74. The molecule has 4 nitrogen and oxygen atoms in total. The van der Waals surface area contributed by atoms with Gasteiger partial charge in [-0.25, -0.2) is 0 Å². The molecule has 0 aliphatic carbocycles. The SMILES string of the molecule is CCCc1cc(NC(=O)CSCc2ccc(Cl)s2)n[nH]1. The molecule has 0 aromatic carbocycles. The molecule has 2 heterocycles. The first-order valence-corrected chi connectivity index (χ1v) is 8.68. The summed E-state index contributed by atoms with van der Waals surface area (Å²) in [6.45, 7) is 2.10. The minimum absolute atomic E-state index is 0.0350. The molecule has 2 aromatic rings. The van der Waals surface area contributed by atoms with Gasteiger partial charge in [0.05, 0.1) is 10.1 Å². The second-order valence-corrected chi connectivity index (χ2v) is 7.06. The van der Waals surface area contributed by atoms with Crippen LogP contribution in [0.2, 0.25) is 4.34 Å². The molecule has 0 aliphatic heterocycles. The molecule has 20 heavy (non-hydrogen) atoms. The molecule has 0 saturated heterocycles. The second kappa shape index (κ2) is 7.71. The van der Waals surface area contributed by atoms with E-state index in [9.17, 15) is 4.79 Å². The Hall–Kier alpha value is -0.980. The molecule has 0 unspecified atom stereocenters. The van der Waals surface area contributed by atoms with Crippen LogP contribution in [0.15, 0.2) is 18.2 Å². The fourth-order valence-electron chi connectivity index (χ4n) is 1.68. The van der Waals surface area contributed by atoms with Gasteiger partial charge in [0.2, 0.25) is 5.91 Å². The molecular weight excluding hydrogens is 314 g/mol. The Morgan fingerprint density at radius 3 is 3.10 bits per heavy atom. The Morgan fingerprint density at radius 2 is 2.40 bits per heavy atom. The van der Waals surface area contributed by atoms with Gasteiger partial charge in [-0.05, 0) is 18.6 Å². The molecule has 7 heteroatoms. The topological polar surface area (TPSA) is 57.8 Å². The molecular formula is C13H16ClN3OS2. The maximum Gasteiger partial charge on any atom is 0.235 e. The van der Waals surface area contributed by atoms with Crippen LogP contribution >= 0.6 is 34.7 Å². The number of halogens is 1. The van der Waals surface area contributed by atoms with E-state index in [1.807, 2.05) is 18.2 Å². The van der Waals surface area contributed by atoms with Crippen LogP contribution in [-0.4, -0.2) is 21.9 Å². The van der Waals surface area contributed by atoms with Gasteiger partial charge in [-0.3, -0.25) is 9.89 Å². The Labute approximate surface area is 131 Å². The molecule has 0 spiro atoms. The van der Waals surface area contributed by atoms with Crippen LogP contribution in [0.4, 0.5) is 5.82 Å². The number of H-pyrrole nitrogens is 1. The van der Waals surface area contributed by atoms with Crippen molar-refractivity contribution in [2.75, 3.05) is 11.1 Å². The molecule has 0 fully saturated rings. The number of rotatable bonds is 7. The van der Waals surface area contributed by atoms with Crippen molar-refractivity contribution >= 4 is 46.4 Å². The van der Waals surface area contributed by atoms with Gasteiger partial charge in [0.1, 0.15) is 0 Å². The lowest BCUT2D eigenvalue weighted by molar-refractivity contribution is -0.113. The van der Waals surface area contributed by atoms with Crippen molar-refractivity contribution in [1.29, 1.82) is 0 Å². The number of aryl methyl sites for hydroxylation is 1. The minimum Gasteiger partial charge on any atom is -0.308 e. The summed E-state index contributed by atoms with van der Waals surface area (Å²) in [5, 5.41) is 9.76. The monoisotopic (exact) mass is 329 g/mol. The fourth-order valence-corrected chi connectivity index (χ4v) is 3.70. The predicted molar refractivity (Wildman–Crippen MR) is 86.7 cm³/mol. The summed E-state index contributed by atoms with van der Waals surface area (Å²) in [6.07, 6.45) is 1.99. The Morgan fingerprint density at radius 1 is 1.55 bits per heavy atom. The highest BCUT2D eigenvalue weighted by atomic mass is 35.5. The number of amides is 1. The van der Waals surface area contributed by atoms with Crippen LogP contribution in [0, 0.1) is 0 Å². The summed E-state index contributed by atoms with van der Waals surface area (Å²) < 4.78 is 0.782. The summed E-state index contributed by atoms with van der Waals surface area (Å²) in [5.41, 5.74) is 1.05. The lowest BCUT2D eigenvalue weighted by Gasteiger charge is -2.00. The van der Waals surface area contributed by atoms with Crippen molar-refractivity contribution in [3.63, 3.8) is 0 Å². The zero-order valence-corrected chi connectivity index (χ0v) is 13.5. The lowest BCUT2D eigenvalue weighted by atomic mass is 10.2. The molecule has 108 valence electrons. The Bertz CT molecular complexity index is 567. The van der Waals surface area contributed by atoms with E-state index in [2.05, 4.69) is 22.4 Å². The molecule has 2 rings (SSSR count). The van der Waals surface area contributed by atoms with Crippen molar-refractivity contribution in [3.05, 3.63) is 33.1 Å². The molecule has 0 bridgehead atoms. The molecule has 0 saturated carbocycles. The zero-order chi connectivity index (χ0) is 14.4. The van der Waals surface area contributed by atoms with Crippen LogP contribution in [0.1, 0.15) is 23.9 Å². The highest BCUT2D eigenvalue weighted by Crippen LogP contribution is 2.25. The van der Waals surface area contributed by atoms with Gasteiger partial charge in [-0.1, -0.05) is 24.9 Å². The third-order valence-corrected chi connectivity index (χ3v) is 4.92. The van der Waals surface area contributed by atoms with E-state index in [-0.39, 0.29) is 5.91 Å². The summed E-state index contributed by atoms with van der Waals surface area (Å²) >= 11 is 8.97. The van der Waals surface area contributed by atoms with Gasteiger partial charge in [0, 0.05) is 22.4 Å². The van der Waals surface area contributed by atoms with Gasteiger partial charge in [-0.15, -0.1) is 23.1 Å². The number of carbonyl (C=O) groups excluding carboxylic acids is 1. The second-order valence-electron chi connectivity index (χ2n) is 4.28. The summed E-state index contributed by atoms with van der Waals surface area (Å²) in [5.74, 6) is 1.77. The van der Waals surface area contributed by atoms with E-state index in [1.54, 1.807) is 23.1 Å². The normalized spacial score (nSPS) is 10.7. The largest absolute Gasteiger partial charge is 0.308 e. The van der Waals surface area contributed by atoms with E-state index in [0.29, 0.717) is 11.6 Å². The van der Waals surface area contributed by atoms with Crippen molar-refractivity contribution in [1.82, 2.24) is 10.2 Å². The molecule has 2 N–H and O–H groups in total. The number of aromatic nitrogens is 2. The molecule has 0 radical (unpaired) electrons. The quantitative estimate of drug-likeness (QED) is 0.808. The standard InChI is InChI=1S/C13H16ClN3OS2/c1-2-3-9-6-12(17-16-9)15-13(18)8-19-7-10-4-5-11(14)20-10/h4-6H,2-3,7-8H2,1H3,(H2,15,16,17,18). The zero-order valence-electron chi connectivity index (χ0n) is 11.1. The summed E-state index contributed by atoms with van der Waals surface area (Å²) in [4.78, 5) is 12.9. The van der Waals surface area contributed by atoms with E-state index < -0.39 is 0 Å². The van der Waals surface area contributed by atoms with E-state index >= 15 is 0 Å². The Kier molecular flexibility index (Phi) is 5.94. The minimum atomic E-state index is -0.0350. The van der Waals surface area contributed by atoms with Gasteiger partial charge in [-0.2, -0.15) is 5.10 Å². The van der Waals surface area contributed by atoms with E-state index in [0.717, 1.165) is 28.6 Å². The van der Waals surface area contributed by atoms with Gasteiger partial charge in [0.15, 0.2) is 5.82 Å². The first-order chi connectivity index (χ1) is 9.67. The Balaban J connectivity index is 1.71. The van der Waals surface area contributed by atoms with Crippen LogP contribution < -0.4 is 5.32 Å². The molecule has 1 amide bonds. The van der Waals surface area contributed by atoms with Crippen LogP contribution in [-0.2, 0) is 17.0 Å². The number of hydrogen-bond donors (Lipinski definition) is 2. The number of nitrogens with zero attached hydrogens (tertiary/aromatic N) is 1. The average Bonchev–Trinajstić information content (AvgIpc) is 3.00. The van der Waals surface area contributed by atoms with Crippen LogP contribution in [0.3, 0.4) is 0 Å². The van der Waals surface area contributed by atoms with Gasteiger partial charge >= 0.3 is 0 Å². The van der Waals surface area contributed by atoms with Crippen molar-refractivity contribution in [2.45, 2.75) is 25.5 Å². The van der Waals surface area contributed by atoms with E-state index in [4.69, 9.17) is 11.6 Å². The number of carbonyl (C=O) groups is 1. The predicted octanol–water partition coefficient (Wildman–Crippen LogP) is 3.95. The molecule has 0 atom stereocenters. The van der Waals surface area contributed by atoms with Gasteiger partial charge < -0.3 is 5.32 Å². The third kappa shape index (κ3) is 4.85. The van der Waals surface area contributed by atoms with Crippen molar-refractivity contribution in [2.24, 2.45) is 0 Å². The average molecular weight is 330 g/mol. The first kappa shape index (κ1) is 15.4. The van der Waals surface area contributed by atoms with Crippen LogP contribution in [0.5, 0.6) is 0 Å². The summed E-state index contributed by atoms with van der Waals surface area (Å²) in [7, 11) is 0. The van der Waals surface area contributed by atoms with Gasteiger partial charge in [0.25, 0.3) is 0 Å². The maximum atomic E-state index is 11.8. The number of nitrogens with one attached hydrogen (secondary N) is 2. The number of thioether (sulfide) groups is 1. The molecule has 2 aromatic heterocycles. The number of thiophene rings is 1. The highest BCUT2D eigenvalue weighted by molar-refractivity contribution is 7.99. The first-order valence-electron chi connectivity index (χ1n) is 6.33.